The smallest absolute Gasteiger partial charge is 0.323 e. The summed E-state index contributed by atoms with van der Waals surface area (Å²) in [5, 5.41) is 22.0. The zero-order chi connectivity index (χ0) is 24.4. The van der Waals surface area contributed by atoms with Crippen molar-refractivity contribution < 1.29 is 19.7 Å². The molecular weight excluding hydrogens is 472 g/mol. The molecule has 3 N–H and O–H groups in total. The van der Waals surface area contributed by atoms with Gasteiger partial charge in [0.25, 0.3) is 5.56 Å². The zero-order valence-corrected chi connectivity index (χ0v) is 21.0. The number of fused-ring (bicyclic) bond motifs is 1. The summed E-state index contributed by atoms with van der Waals surface area (Å²) in [5.41, 5.74) is 4.19. The van der Waals surface area contributed by atoms with Crippen LogP contribution in [0, 0.1) is 12.8 Å². The maximum atomic E-state index is 12.2. The van der Waals surface area contributed by atoms with Crippen molar-refractivity contribution in [2.24, 2.45) is 13.0 Å². The van der Waals surface area contributed by atoms with Crippen molar-refractivity contribution >= 4 is 29.4 Å². The van der Waals surface area contributed by atoms with E-state index in [0.717, 1.165) is 60.6 Å². The van der Waals surface area contributed by atoms with E-state index in [4.69, 9.17) is 9.72 Å². The number of aliphatic hydroxyl groups excluding tert-OH is 1. The van der Waals surface area contributed by atoms with Crippen LogP contribution in [-0.4, -0.2) is 55.7 Å². The van der Waals surface area contributed by atoms with Crippen molar-refractivity contribution in [2.45, 2.75) is 51.9 Å². The second kappa shape index (κ2) is 11.3. The Hall–Kier alpha value is -2.72. The number of hydrogen-bond acceptors (Lipinski definition) is 6. The van der Waals surface area contributed by atoms with E-state index in [-0.39, 0.29) is 18.0 Å². The molecule has 0 radical (unpaired) electrons. The minimum atomic E-state index is -1.09. The lowest BCUT2D eigenvalue weighted by atomic mass is 10.00. The second-order valence-electron chi connectivity index (χ2n) is 9.19. The predicted octanol–water partition coefficient (Wildman–Crippen LogP) is 2.48. The monoisotopic (exact) mass is 504 g/mol. The van der Waals surface area contributed by atoms with Crippen LogP contribution in [0.3, 0.4) is 0 Å². The molecule has 1 aliphatic heterocycles. The summed E-state index contributed by atoms with van der Waals surface area (Å²) >= 11 is 0. The molecule has 3 aromatic rings. The second-order valence-corrected chi connectivity index (χ2v) is 9.19. The Morgan fingerprint density at radius 3 is 2.63 bits per heavy atom. The molecule has 35 heavy (non-hydrogen) atoms. The third-order valence-electron chi connectivity index (χ3n) is 6.49. The molecule has 3 heterocycles. The Kier molecular flexibility index (Phi) is 8.71. The summed E-state index contributed by atoms with van der Waals surface area (Å²) in [6, 6.07) is 6.70. The first-order valence-electron chi connectivity index (χ1n) is 11.6. The molecule has 190 valence electrons. The van der Waals surface area contributed by atoms with Crippen molar-refractivity contribution in [1.82, 2.24) is 19.4 Å². The number of aromatic nitrogens is 3. The first-order valence-corrected chi connectivity index (χ1v) is 11.6. The van der Waals surface area contributed by atoms with Crippen molar-refractivity contribution in [2.75, 3.05) is 13.2 Å². The summed E-state index contributed by atoms with van der Waals surface area (Å²) < 4.78 is 9.33. The van der Waals surface area contributed by atoms with Crippen molar-refractivity contribution in [3.05, 3.63) is 51.9 Å². The standard InChI is InChI=1S/C25H32N4O5.ClH/c1-15-10-19(14-28(3)24(15)31)23-27-20-5-4-18(12-26-22(16(2)30)25(32)33)11-21(20)29(23)13-17-6-8-34-9-7-17;/h4-5,10-11,14,16-17,22,26,30H,6-9,12-13H2,1-3H3,(H,32,33);1H/t16-,22+;/m1./s1. The minimum Gasteiger partial charge on any atom is -0.480 e. The summed E-state index contributed by atoms with van der Waals surface area (Å²) in [6.45, 7) is 5.84. The fourth-order valence-electron chi connectivity index (χ4n) is 4.56. The fraction of sp³-hybridized carbons (Fsp3) is 0.480. The average Bonchev–Trinajstić information content (AvgIpc) is 3.15. The molecule has 9 nitrogen and oxygen atoms in total. The zero-order valence-electron chi connectivity index (χ0n) is 20.2. The Balaban J connectivity index is 0.00000342. The number of hydrogen-bond donors (Lipinski definition) is 3. The summed E-state index contributed by atoms with van der Waals surface area (Å²) in [7, 11) is 1.75. The molecule has 1 aromatic carbocycles. The van der Waals surface area contributed by atoms with E-state index in [9.17, 15) is 19.8 Å². The van der Waals surface area contributed by atoms with Gasteiger partial charge in [0.2, 0.25) is 0 Å². The van der Waals surface area contributed by atoms with Crippen LogP contribution in [-0.2, 0) is 29.7 Å². The maximum absolute atomic E-state index is 12.2. The van der Waals surface area contributed by atoms with Crippen LogP contribution in [0.2, 0.25) is 0 Å². The van der Waals surface area contributed by atoms with Crippen LogP contribution in [0.1, 0.15) is 30.9 Å². The number of aliphatic hydroxyl groups is 1. The lowest BCUT2D eigenvalue weighted by Gasteiger charge is -2.24. The molecule has 0 amide bonds. The van der Waals surface area contributed by atoms with E-state index in [1.165, 1.54) is 6.92 Å². The maximum Gasteiger partial charge on any atom is 0.323 e. The molecule has 0 aliphatic carbocycles. The van der Waals surface area contributed by atoms with Crippen molar-refractivity contribution in [3.8, 4) is 11.4 Å². The fourth-order valence-corrected chi connectivity index (χ4v) is 4.56. The van der Waals surface area contributed by atoms with E-state index in [1.54, 1.807) is 11.6 Å². The number of carboxylic acid groups (broad SMARTS) is 1. The lowest BCUT2D eigenvalue weighted by Crippen LogP contribution is -2.44. The Morgan fingerprint density at radius 1 is 1.29 bits per heavy atom. The van der Waals surface area contributed by atoms with Crippen molar-refractivity contribution in [3.63, 3.8) is 0 Å². The van der Waals surface area contributed by atoms with Gasteiger partial charge >= 0.3 is 5.97 Å². The minimum absolute atomic E-state index is 0. The number of aryl methyl sites for hydroxylation is 2. The molecule has 2 atom stereocenters. The molecule has 0 saturated carbocycles. The van der Waals surface area contributed by atoms with Gasteiger partial charge in [-0.25, -0.2) is 4.98 Å². The number of rotatable bonds is 8. The van der Waals surface area contributed by atoms with Crippen LogP contribution in [0.5, 0.6) is 0 Å². The Morgan fingerprint density at radius 2 is 2.00 bits per heavy atom. The highest BCUT2D eigenvalue weighted by molar-refractivity contribution is 5.85. The molecule has 0 spiro atoms. The summed E-state index contributed by atoms with van der Waals surface area (Å²) in [4.78, 5) is 28.6. The number of carbonyl (C=O) groups is 1. The van der Waals surface area contributed by atoms with E-state index in [1.807, 2.05) is 37.4 Å². The Bertz CT molecular complexity index is 1220. The van der Waals surface area contributed by atoms with Crippen LogP contribution in [0.25, 0.3) is 22.4 Å². The first kappa shape index (κ1) is 26.9. The van der Waals surface area contributed by atoms with Gasteiger partial charge in [0.1, 0.15) is 11.9 Å². The van der Waals surface area contributed by atoms with Gasteiger partial charge in [-0.2, -0.15) is 0 Å². The largest absolute Gasteiger partial charge is 0.480 e. The number of ether oxygens (including phenoxy) is 1. The molecule has 4 rings (SSSR count). The Labute approximate surface area is 210 Å². The topological polar surface area (TPSA) is 119 Å². The van der Waals surface area contributed by atoms with Crippen molar-refractivity contribution in [1.29, 1.82) is 0 Å². The predicted molar refractivity (Wildman–Crippen MR) is 136 cm³/mol. The highest BCUT2D eigenvalue weighted by Crippen LogP contribution is 2.29. The van der Waals surface area contributed by atoms with Gasteiger partial charge in [-0.1, -0.05) is 6.07 Å². The number of aliphatic carboxylic acids is 1. The van der Waals surface area contributed by atoms with E-state index in [2.05, 4.69) is 9.88 Å². The number of benzene rings is 1. The molecular formula is C25H33ClN4O5. The van der Waals surface area contributed by atoms with Gasteiger partial charge in [-0.15, -0.1) is 12.4 Å². The number of pyridine rings is 1. The molecule has 2 aromatic heterocycles. The van der Waals surface area contributed by atoms with Crippen LogP contribution >= 0.6 is 12.4 Å². The summed E-state index contributed by atoms with van der Waals surface area (Å²) in [5.74, 6) is 0.164. The number of imidazole rings is 1. The number of nitrogens with zero attached hydrogens (tertiary/aromatic N) is 3. The quantitative estimate of drug-likeness (QED) is 0.431. The van der Waals surface area contributed by atoms with E-state index >= 15 is 0 Å². The first-order chi connectivity index (χ1) is 16.2. The molecule has 10 heteroatoms. The molecule has 1 saturated heterocycles. The SMILES string of the molecule is Cc1cc(-c2nc3ccc(CN[C@H](C(=O)O)[C@@H](C)O)cc3n2CC2CCOCC2)cn(C)c1=O.Cl. The van der Waals surface area contributed by atoms with Gasteiger partial charge in [-0.05, 0) is 56.4 Å². The van der Waals surface area contributed by atoms with Gasteiger partial charge in [0.05, 0.1) is 17.1 Å². The van der Waals surface area contributed by atoms with E-state index < -0.39 is 18.1 Å². The summed E-state index contributed by atoms with van der Waals surface area (Å²) in [6.07, 6.45) is 2.75. The van der Waals surface area contributed by atoms with Gasteiger partial charge in [0.15, 0.2) is 0 Å². The number of nitrogens with one attached hydrogen (secondary N) is 1. The molecule has 0 unspecified atom stereocenters. The normalized spacial score (nSPS) is 16.1. The van der Waals surface area contributed by atoms with Gasteiger partial charge < -0.3 is 24.1 Å². The third-order valence-corrected chi connectivity index (χ3v) is 6.49. The number of halogens is 1. The van der Waals surface area contributed by atoms with E-state index in [0.29, 0.717) is 18.0 Å². The third kappa shape index (κ3) is 5.92. The number of carboxylic acids is 1. The lowest BCUT2D eigenvalue weighted by molar-refractivity contribution is -0.142. The highest BCUT2D eigenvalue weighted by atomic mass is 35.5. The molecule has 0 bridgehead atoms. The van der Waals surface area contributed by atoms with Crippen LogP contribution < -0.4 is 10.9 Å². The van der Waals surface area contributed by atoms with Gasteiger partial charge in [-0.3, -0.25) is 14.9 Å². The van der Waals surface area contributed by atoms with Crippen LogP contribution in [0.15, 0.2) is 35.3 Å². The average molecular weight is 505 g/mol. The molecule has 1 aliphatic rings. The van der Waals surface area contributed by atoms with Gasteiger partial charge in [0, 0.05) is 50.7 Å². The molecule has 1 fully saturated rings. The highest BCUT2D eigenvalue weighted by Gasteiger charge is 2.23. The van der Waals surface area contributed by atoms with Crippen LogP contribution in [0.4, 0.5) is 0 Å².